The zero-order valence-electron chi connectivity index (χ0n) is 12.5. The van der Waals surface area contributed by atoms with Crippen LogP contribution in [0.4, 0.5) is 0 Å². The van der Waals surface area contributed by atoms with E-state index < -0.39 is 0 Å². The third-order valence-electron chi connectivity index (χ3n) is 3.71. The molecule has 4 nitrogen and oxygen atoms in total. The molecule has 114 valence electrons. The minimum atomic E-state index is -0.00747. The second-order valence-electron chi connectivity index (χ2n) is 4.92. The molecule has 0 saturated carbocycles. The quantitative estimate of drug-likeness (QED) is 0.854. The molecule has 2 aromatic rings. The Hall–Kier alpha value is -1.59. The highest BCUT2D eigenvalue weighted by atomic mass is 32.1. The highest BCUT2D eigenvalue weighted by Crippen LogP contribution is 2.24. The van der Waals surface area contributed by atoms with E-state index in [0.29, 0.717) is 6.54 Å². The predicted molar refractivity (Wildman–Crippen MR) is 86.1 cm³/mol. The smallest absolute Gasteiger partial charge is 0.266 e. The molecule has 1 amide bonds. The van der Waals surface area contributed by atoms with E-state index in [9.17, 15) is 9.90 Å². The van der Waals surface area contributed by atoms with Gasteiger partial charge >= 0.3 is 0 Å². The van der Waals surface area contributed by atoms with Crippen LogP contribution in [0.3, 0.4) is 0 Å². The standard InChI is InChI=1S/C16H22N2O2S/c1-3-13(4-2)18(10-11-19)16(20)15-14(7-12-21-15)17-8-5-6-9-17/h5-9,12-13,19H,3-4,10-11H2,1-2H3. The van der Waals surface area contributed by atoms with Crippen LogP contribution in [0.15, 0.2) is 36.0 Å². The van der Waals surface area contributed by atoms with Crippen LogP contribution >= 0.6 is 11.3 Å². The molecule has 0 aliphatic rings. The molecule has 5 heteroatoms. The van der Waals surface area contributed by atoms with Gasteiger partial charge < -0.3 is 14.6 Å². The molecule has 0 atom stereocenters. The zero-order chi connectivity index (χ0) is 15.2. The van der Waals surface area contributed by atoms with Gasteiger partial charge in [0.05, 0.1) is 12.3 Å². The number of carbonyl (C=O) groups is 1. The molecule has 21 heavy (non-hydrogen) atoms. The van der Waals surface area contributed by atoms with Gasteiger partial charge in [0.2, 0.25) is 0 Å². The summed E-state index contributed by atoms with van der Waals surface area (Å²) in [6, 6.07) is 6.02. The molecular weight excluding hydrogens is 284 g/mol. The largest absolute Gasteiger partial charge is 0.395 e. The average Bonchev–Trinajstić information content (AvgIpc) is 3.17. The number of aliphatic hydroxyl groups excluding tert-OH is 1. The van der Waals surface area contributed by atoms with Gasteiger partial charge in [-0.15, -0.1) is 11.3 Å². The van der Waals surface area contributed by atoms with Crippen molar-refractivity contribution in [2.24, 2.45) is 0 Å². The van der Waals surface area contributed by atoms with Gasteiger partial charge in [-0.05, 0) is 36.4 Å². The van der Waals surface area contributed by atoms with E-state index in [2.05, 4.69) is 13.8 Å². The Balaban J connectivity index is 2.31. The van der Waals surface area contributed by atoms with E-state index in [1.807, 2.05) is 40.5 Å². The molecule has 0 aliphatic heterocycles. The van der Waals surface area contributed by atoms with Gasteiger partial charge in [-0.25, -0.2) is 0 Å². The summed E-state index contributed by atoms with van der Waals surface area (Å²) in [6.45, 7) is 4.53. The van der Waals surface area contributed by atoms with Crippen molar-refractivity contribution in [3.05, 3.63) is 40.8 Å². The molecule has 0 saturated heterocycles. The summed E-state index contributed by atoms with van der Waals surface area (Å²) in [5.41, 5.74) is 0.906. The highest BCUT2D eigenvalue weighted by molar-refractivity contribution is 7.12. The van der Waals surface area contributed by atoms with Crippen LogP contribution in [-0.2, 0) is 0 Å². The number of aliphatic hydroxyl groups is 1. The maximum atomic E-state index is 12.9. The number of hydrogen-bond acceptors (Lipinski definition) is 3. The van der Waals surface area contributed by atoms with Crippen LogP contribution in [0.2, 0.25) is 0 Å². The van der Waals surface area contributed by atoms with Crippen molar-refractivity contribution >= 4 is 17.2 Å². The predicted octanol–water partition coefficient (Wildman–Crippen LogP) is 3.16. The average molecular weight is 306 g/mol. The molecule has 0 bridgehead atoms. The number of thiophene rings is 1. The summed E-state index contributed by atoms with van der Waals surface area (Å²) in [5, 5.41) is 11.2. The van der Waals surface area contributed by atoms with Gasteiger partial charge in [0, 0.05) is 25.0 Å². The van der Waals surface area contributed by atoms with Crippen LogP contribution in [-0.4, -0.2) is 39.7 Å². The molecule has 0 spiro atoms. The molecule has 1 N–H and O–H groups in total. The summed E-state index contributed by atoms with van der Waals surface area (Å²) in [6.07, 6.45) is 5.66. The molecule has 2 heterocycles. The van der Waals surface area contributed by atoms with E-state index >= 15 is 0 Å². The third-order valence-corrected chi connectivity index (χ3v) is 4.60. The highest BCUT2D eigenvalue weighted by Gasteiger charge is 2.25. The SMILES string of the molecule is CCC(CC)N(CCO)C(=O)c1sccc1-n1cccc1. The first-order valence-corrected chi connectivity index (χ1v) is 8.23. The van der Waals surface area contributed by atoms with Crippen LogP contribution in [0.25, 0.3) is 5.69 Å². The normalized spacial score (nSPS) is 11.0. The van der Waals surface area contributed by atoms with Crippen molar-refractivity contribution in [3.8, 4) is 5.69 Å². The summed E-state index contributed by atoms with van der Waals surface area (Å²) in [7, 11) is 0. The topological polar surface area (TPSA) is 45.5 Å². The summed E-state index contributed by atoms with van der Waals surface area (Å²) >= 11 is 1.45. The molecule has 2 rings (SSSR count). The fourth-order valence-electron chi connectivity index (χ4n) is 2.58. The Morgan fingerprint density at radius 3 is 2.57 bits per heavy atom. The fraction of sp³-hybridized carbons (Fsp3) is 0.438. The molecule has 0 fully saturated rings. The molecule has 2 aromatic heterocycles. The van der Waals surface area contributed by atoms with E-state index in [-0.39, 0.29) is 18.6 Å². The Bertz CT molecular complexity index is 559. The van der Waals surface area contributed by atoms with Gasteiger partial charge in [-0.3, -0.25) is 4.79 Å². The van der Waals surface area contributed by atoms with Crippen molar-refractivity contribution < 1.29 is 9.90 Å². The summed E-state index contributed by atoms with van der Waals surface area (Å²) < 4.78 is 1.95. The molecule has 0 aromatic carbocycles. The van der Waals surface area contributed by atoms with E-state index in [0.717, 1.165) is 23.4 Å². The summed E-state index contributed by atoms with van der Waals surface area (Å²) in [5.74, 6) is 0.0106. The number of amides is 1. The Kier molecular flexibility index (Phi) is 5.59. The summed E-state index contributed by atoms with van der Waals surface area (Å²) in [4.78, 5) is 15.4. The molecule has 0 aliphatic carbocycles. The minimum Gasteiger partial charge on any atom is -0.395 e. The second kappa shape index (κ2) is 7.43. The number of hydrogen-bond donors (Lipinski definition) is 1. The Morgan fingerprint density at radius 2 is 2.00 bits per heavy atom. The fourth-order valence-corrected chi connectivity index (χ4v) is 3.42. The lowest BCUT2D eigenvalue weighted by molar-refractivity contribution is 0.0627. The van der Waals surface area contributed by atoms with Crippen LogP contribution < -0.4 is 0 Å². The number of aromatic nitrogens is 1. The minimum absolute atomic E-state index is 0.00747. The van der Waals surface area contributed by atoms with E-state index in [4.69, 9.17) is 0 Å². The lowest BCUT2D eigenvalue weighted by atomic mass is 10.1. The van der Waals surface area contributed by atoms with Gasteiger partial charge in [0.25, 0.3) is 5.91 Å². The van der Waals surface area contributed by atoms with Crippen LogP contribution in [0, 0.1) is 0 Å². The van der Waals surface area contributed by atoms with Crippen molar-refractivity contribution in [3.63, 3.8) is 0 Å². The van der Waals surface area contributed by atoms with Gasteiger partial charge in [-0.2, -0.15) is 0 Å². The lowest BCUT2D eigenvalue weighted by Crippen LogP contribution is -2.41. The first-order valence-electron chi connectivity index (χ1n) is 7.35. The monoisotopic (exact) mass is 306 g/mol. The van der Waals surface area contributed by atoms with Crippen molar-refractivity contribution in [1.29, 1.82) is 0 Å². The van der Waals surface area contributed by atoms with Crippen LogP contribution in [0.1, 0.15) is 36.4 Å². The second-order valence-corrected chi connectivity index (χ2v) is 5.83. The number of rotatable bonds is 7. The number of carbonyl (C=O) groups excluding carboxylic acids is 1. The van der Waals surface area contributed by atoms with Gasteiger partial charge in [0.1, 0.15) is 4.88 Å². The number of nitrogens with zero attached hydrogens (tertiary/aromatic N) is 2. The Labute approximate surface area is 129 Å². The first kappa shape index (κ1) is 15.8. The van der Waals surface area contributed by atoms with Crippen molar-refractivity contribution in [2.45, 2.75) is 32.7 Å². The maximum absolute atomic E-state index is 12.9. The molecule has 0 unspecified atom stereocenters. The Morgan fingerprint density at radius 1 is 1.33 bits per heavy atom. The van der Waals surface area contributed by atoms with Gasteiger partial charge in [-0.1, -0.05) is 13.8 Å². The molecule has 0 radical (unpaired) electrons. The van der Waals surface area contributed by atoms with Crippen LogP contribution in [0.5, 0.6) is 0 Å². The third kappa shape index (κ3) is 3.36. The van der Waals surface area contributed by atoms with E-state index in [1.165, 1.54) is 11.3 Å². The maximum Gasteiger partial charge on any atom is 0.266 e. The van der Waals surface area contributed by atoms with Gasteiger partial charge in [0.15, 0.2) is 0 Å². The van der Waals surface area contributed by atoms with E-state index in [1.54, 1.807) is 4.90 Å². The van der Waals surface area contributed by atoms with Crippen molar-refractivity contribution in [2.75, 3.05) is 13.2 Å². The van der Waals surface area contributed by atoms with Crippen molar-refractivity contribution in [1.82, 2.24) is 9.47 Å². The zero-order valence-corrected chi connectivity index (χ0v) is 13.3. The first-order chi connectivity index (χ1) is 10.2. The molecular formula is C16H22N2O2S. The lowest BCUT2D eigenvalue weighted by Gasteiger charge is -2.30.